The molecule has 1 fully saturated rings. The SMILES string of the molecule is COc1nc(C(=O)N2CCC(O)(c3ccc(F)cc3)C2)cc2ccccc12. The van der Waals surface area contributed by atoms with Gasteiger partial charge in [-0.1, -0.05) is 30.3 Å². The number of methoxy groups -OCH3 is 1. The van der Waals surface area contributed by atoms with Crippen LogP contribution in [-0.4, -0.2) is 41.1 Å². The quantitative estimate of drug-likeness (QED) is 0.774. The van der Waals surface area contributed by atoms with Gasteiger partial charge in [0.25, 0.3) is 5.91 Å². The summed E-state index contributed by atoms with van der Waals surface area (Å²) in [6.07, 6.45) is 0.384. The first-order valence-corrected chi connectivity index (χ1v) is 8.72. The standard InChI is InChI=1S/C21H19FN2O3/c1-27-19-17-5-3-2-4-14(17)12-18(23-19)20(25)24-11-10-21(26,13-24)15-6-8-16(22)9-7-15/h2-9,12,26H,10-11,13H2,1H3. The molecule has 0 aliphatic carbocycles. The fourth-order valence-corrected chi connectivity index (χ4v) is 3.56. The Bertz CT molecular complexity index is 1010. The number of carbonyl (C=O) groups is 1. The lowest BCUT2D eigenvalue weighted by Gasteiger charge is -2.24. The molecule has 2 heterocycles. The monoisotopic (exact) mass is 366 g/mol. The lowest BCUT2D eigenvalue weighted by atomic mass is 9.93. The molecular formula is C21H19FN2O3. The van der Waals surface area contributed by atoms with Gasteiger partial charge in [0.2, 0.25) is 5.88 Å². The Morgan fingerprint density at radius 2 is 1.96 bits per heavy atom. The minimum Gasteiger partial charge on any atom is -0.481 e. The summed E-state index contributed by atoms with van der Waals surface area (Å²) >= 11 is 0. The van der Waals surface area contributed by atoms with Crippen LogP contribution in [0.5, 0.6) is 5.88 Å². The number of benzene rings is 2. The zero-order chi connectivity index (χ0) is 19.0. The van der Waals surface area contributed by atoms with E-state index >= 15 is 0 Å². The van der Waals surface area contributed by atoms with E-state index in [4.69, 9.17) is 4.74 Å². The van der Waals surface area contributed by atoms with Crippen molar-refractivity contribution in [2.24, 2.45) is 0 Å². The van der Waals surface area contributed by atoms with Crippen molar-refractivity contribution in [1.82, 2.24) is 9.88 Å². The average molecular weight is 366 g/mol. The zero-order valence-corrected chi connectivity index (χ0v) is 14.9. The molecule has 0 radical (unpaired) electrons. The Morgan fingerprint density at radius 1 is 1.22 bits per heavy atom. The first kappa shape index (κ1) is 17.4. The third kappa shape index (κ3) is 3.13. The molecule has 1 amide bonds. The van der Waals surface area contributed by atoms with Crippen molar-refractivity contribution in [2.75, 3.05) is 20.2 Å². The van der Waals surface area contributed by atoms with Crippen LogP contribution in [0.4, 0.5) is 4.39 Å². The van der Waals surface area contributed by atoms with Gasteiger partial charge in [-0.2, -0.15) is 0 Å². The maximum atomic E-state index is 13.2. The van der Waals surface area contributed by atoms with E-state index in [1.165, 1.54) is 19.2 Å². The maximum absolute atomic E-state index is 13.2. The summed E-state index contributed by atoms with van der Waals surface area (Å²) in [5, 5.41) is 12.6. The van der Waals surface area contributed by atoms with Crippen LogP contribution in [0.1, 0.15) is 22.5 Å². The van der Waals surface area contributed by atoms with Gasteiger partial charge >= 0.3 is 0 Å². The minimum atomic E-state index is -1.19. The summed E-state index contributed by atoms with van der Waals surface area (Å²) in [4.78, 5) is 18.9. The van der Waals surface area contributed by atoms with Crippen LogP contribution in [0, 0.1) is 5.82 Å². The van der Waals surface area contributed by atoms with Crippen molar-refractivity contribution >= 4 is 16.7 Å². The number of hydrogen-bond acceptors (Lipinski definition) is 4. The second kappa shape index (κ2) is 6.63. The molecule has 1 unspecified atom stereocenters. The molecule has 0 spiro atoms. The third-order valence-corrected chi connectivity index (χ3v) is 5.03. The number of amides is 1. The summed E-state index contributed by atoms with van der Waals surface area (Å²) in [5.74, 6) is -0.234. The number of fused-ring (bicyclic) bond motifs is 1. The molecule has 1 saturated heterocycles. The molecule has 138 valence electrons. The van der Waals surface area contributed by atoms with E-state index in [-0.39, 0.29) is 24.0 Å². The molecule has 4 rings (SSSR count). The van der Waals surface area contributed by atoms with Gasteiger partial charge in [0.1, 0.15) is 17.1 Å². The van der Waals surface area contributed by atoms with E-state index in [9.17, 15) is 14.3 Å². The highest BCUT2D eigenvalue weighted by atomic mass is 19.1. The Kier molecular flexibility index (Phi) is 4.28. The number of pyridine rings is 1. The third-order valence-electron chi connectivity index (χ3n) is 5.03. The average Bonchev–Trinajstić information content (AvgIpc) is 3.10. The van der Waals surface area contributed by atoms with Crippen molar-refractivity contribution in [3.8, 4) is 5.88 Å². The normalized spacial score (nSPS) is 19.4. The Morgan fingerprint density at radius 3 is 2.70 bits per heavy atom. The summed E-state index contributed by atoms with van der Waals surface area (Å²) in [6.45, 7) is 0.526. The Balaban J connectivity index is 1.62. The number of nitrogens with zero attached hydrogens (tertiary/aromatic N) is 2. The van der Waals surface area contributed by atoms with Crippen molar-refractivity contribution in [2.45, 2.75) is 12.0 Å². The van der Waals surface area contributed by atoms with Crippen LogP contribution >= 0.6 is 0 Å². The molecule has 1 aliphatic heterocycles. The molecule has 2 aromatic carbocycles. The molecular weight excluding hydrogens is 347 g/mol. The van der Waals surface area contributed by atoms with Crippen molar-refractivity contribution < 1.29 is 19.0 Å². The number of likely N-dealkylation sites (tertiary alicyclic amines) is 1. The Labute approximate surface area is 156 Å². The molecule has 1 aromatic heterocycles. The maximum Gasteiger partial charge on any atom is 0.272 e. The summed E-state index contributed by atoms with van der Waals surface area (Å²) in [7, 11) is 1.52. The van der Waals surface area contributed by atoms with Gasteiger partial charge < -0.3 is 14.7 Å². The minimum absolute atomic E-state index is 0.133. The topological polar surface area (TPSA) is 62.7 Å². The highest BCUT2D eigenvalue weighted by Gasteiger charge is 2.40. The van der Waals surface area contributed by atoms with Crippen LogP contribution in [-0.2, 0) is 5.60 Å². The predicted molar refractivity (Wildman–Crippen MR) is 99.1 cm³/mol. The van der Waals surface area contributed by atoms with Crippen LogP contribution in [0.15, 0.2) is 54.6 Å². The molecule has 1 atom stereocenters. The van der Waals surface area contributed by atoms with Crippen LogP contribution < -0.4 is 4.74 Å². The Hall–Kier alpha value is -2.99. The van der Waals surface area contributed by atoms with E-state index in [1.54, 1.807) is 23.1 Å². The first-order valence-electron chi connectivity index (χ1n) is 8.72. The van der Waals surface area contributed by atoms with E-state index in [0.717, 1.165) is 10.8 Å². The van der Waals surface area contributed by atoms with Crippen molar-refractivity contribution in [3.05, 3.63) is 71.7 Å². The number of aliphatic hydroxyl groups is 1. The molecule has 27 heavy (non-hydrogen) atoms. The highest BCUT2D eigenvalue weighted by molar-refractivity contribution is 5.98. The van der Waals surface area contributed by atoms with Crippen LogP contribution in [0.2, 0.25) is 0 Å². The number of halogens is 1. The van der Waals surface area contributed by atoms with Crippen molar-refractivity contribution in [3.63, 3.8) is 0 Å². The van der Waals surface area contributed by atoms with Gasteiger partial charge in [0, 0.05) is 11.9 Å². The molecule has 6 heteroatoms. The van der Waals surface area contributed by atoms with Gasteiger partial charge in [-0.05, 0) is 41.6 Å². The highest BCUT2D eigenvalue weighted by Crippen LogP contribution is 2.33. The van der Waals surface area contributed by atoms with E-state index < -0.39 is 5.60 Å². The number of ether oxygens (including phenoxy) is 1. The summed E-state index contributed by atoms with van der Waals surface area (Å²) in [5.41, 5.74) is -0.318. The van der Waals surface area contributed by atoms with Crippen molar-refractivity contribution in [1.29, 1.82) is 0 Å². The molecule has 5 nitrogen and oxygen atoms in total. The van der Waals surface area contributed by atoms with E-state index in [0.29, 0.717) is 24.4 Å². The lowest BCUT2D eigenvalue weighted by molar-refractivity contribution is 0.0415. The zero-order valence-electron chi connectivity index (χ0n) is 14.9. The van der Waals surface area contributed by atoms with Gasteiger partial charge in [0.05, 0.1) is 13.7 Å². The van der Waals surface area contributed by atoms with Gasteiger partial charge in [-0.25, -0.2) is 9.37 Å². The lowest BCUT2D eigenvalue weighted by Crippen LogP contribution is -2.34. The second-order valence-corrected chi connectivity index (χ2v) is 6.75. The molecule has 1 N–H and O–H groups in total. The van der Waals surface area contributed by atoms with Gasteiger partial charge in [-0.3, -0.25) is 4.79 Å². The van der Waals surface area contributed by atoms with E-state index in [1.807, 2.05) is 24.3 Å². The summed E-state index contributed by atoms with van der Waals surface area (Å²) < 4.78 is 18.5. The molecule has 3 aromatic rings. The van der Waals surface area contributed by atoms with E-state index in [2.05, 4.69) is 4.98 Å². The second-order valence-electron chi connectivity index (χ2n) is 6.75. The molecule has 0 saturated carbocycles. The largest absolute Gasteiger partial charge is 0.481 e. The number of aromatic nitrogens is 1. The fourth-order valence-electron chi connectivity index (χ4n) is 3.56. The van der Waals surface area contributed by atoms with Gasteiger partial charge in [0.15, 0.2) is 0 Å². The number of β-amino-alcohol motifs (C(OH)–C–C–N with tert-alkyl or cyclic N) is 1. The molecule has 0 bridgehead atoms. The number of rotatable bonds is 3. The number of hydrogen-bond donors (Lipinski definition) is 1. The van der Waals surface area contributed by atoms with Gasteiger partial charge in [-0.15, -0.1) is 0 Å². The molecule has 1 aliphatic rings. The van der Waals surface area contributed by atoms with Crippen LogP contribution in [0.25, 0.3) is 10.8 Å². The van der Waals surface area contributed by atoms with Crippen LogP contribution in [0.3, 0.4) is 0 Å². The first-order chi connectivity index (χ1) is 13.0. The fraction of sp³-hybridized carbons (Fsp3) is 0.238. The smallest absolute Gasteiger partial charge is 0.272 e. The summed E-state index contributed by atoms with van der Waals surface area (Å²) in [6, 6.07) is 15.0. The number of carbonyl (C=O) groups excluding carboxylic acids is 1. The predicted octanol–water partition coefficient (Wildman–Crippen LogP) is 3.12.